The summed E-state index contributed by atoms with van der Waals surface area (Å²) >= 11 is 12.0. The maximum atomic E-state index is 12.0. The van der Waals surface area contributed by atoms with Gasteiger partial charge in [-0.3, -0.25) is 4.40 Å². The van der Waals surface area contributed by atoms with E-state index in [1.165, 1.54) is 0 Å². The van der Waals surface area contributed by atoms with Crippen molar-refractivity contribution in [2.75, 3.05) is 6.61 Å². The number of esters is 1. The van der Waals surface area contributed by atoms with E-state index in [0.717, 1.165) is 5.56 Å². The molecule has 0 saturated carbocycles. The minimum atomic E-state index is -1.48. The molecule has 124 valence electrons. The highest BCUT2D eigenvalue weighted by Crippen LogP contribution is 2.31. The lowest BCUT2D eigenvalue weighted by atomic mass is 10.1. The summed E-state index contributed by atoms with van der Waals surface area (Å²) in [7, 11) is 0. The molecule has 3 aromatic rings. The van der Waals surface area contributed by atoms with Crippen LogP contribution in [0.25, 0.3) is 16.9 Å². The third-order valence-corrected chi connectivity index (χ3v) is 3.98. The lowest BCUT2D eigenvalue weighted by Gasteiger charge is -2.12. The highest BCUT2D eigenvalue weighted by molar-refractivity contribution is 6.30. The van der Waals surface area contributed by atoms with Crippen molar-refractivity contribution < 1.29 is 14.6 Å². The molecule has 24 heavy (non-hydrogen) atoms. The minimum Gasteiger partial charge on any atom is -0.464 e. The number of fused-ring (bicyclic) bond motifs is 1. The fraction of sp³-hybridized carbons (Fsp3) is 0.176. The number of ether oxygens (including phenoxy) is 1. The van der Waals surface area contributed by atoms with Gasteiger partial charge in [0.15, 0.2) is 6.10 Å². The van der Waals surface area contributed by atoms with Gasteiger partial charge in [0, 0.05) is 16.8 Å². The zero-order valence-corrected chi connectivity index (χ0v) is 14.3. The second kappa shape index (κ2) is 6.81. The smallest absolute Gasteiger partial charge is 0.341 e. The van der Waals surface area contributed by atoms with Crippen LogP contribution in [-0.4, -0.2) is 27.1 Å². The Kier molecular flexibility index (Phi) is 4.76. The highest BCUT2D eigenvalue weighted by atomic mass is 35.5. The number of nitrogens with zero attached hydrogens (tertiary/aromatic N) is 2. The number of hydrogen-bond donors (Lipinski definition) is 1. The number of carbonyl (C=O) groups excluding carboxylic acids is 1. The Morgan fingerprint density at radius 1 is 1.21 bits per heavy atom. The van der Waals surface area contributed by atoms with Gasteiger partial charge in [-0.15, -0.1) is 0 Å². The van der Waals surface area contributed by atoms with Crippen LogP contribution in [0.1, 0.15) is 18.7 Å². The number of aliphatic hydroxyl groups is 1. The van der Waals surface area contributed by atoms with Crippen molar-refractivity contribution in [3.63, 3.8) is 0 Å². The van der Waals surface area contributed by atoms with Crippen molar-refractivity contribution >= 4 is 34.8 Å². The van der Waals surface area contributed by atoms with E-state index in [0.29, 0.717) is 27.1 Å². The fourth-order valence-corrected chi connectivity index (χ4v) is 2.74. The molecule has 3 rings (SSSR count). The molecular formula is C17H14Cl2N2O3. The van der Waals surface area contributed by atoms with Crippen molar-refractivity contribution in [2.45, 2.75) is 13.0 Å². The van der Waals surface area contributed by atoms with Crippen molar-refractivity contribution in [3.05, 3.63) is 58.3 Å². The fourth-order valence-electron chi connectivity index (χ4n) is 2.45. The molecule has 0 aliphatic rings. The van der Waals surface area contributed by atoms with E-state index in [4.69, 9.17) is 27.9 Å². The molecule has 1 atom stereocenters. The van der Waals surface area contributed by atoms with E-state index in [1.54, 1.807) is 53.9 Å². The average molecular weight is 365 g/mol. The molecule has 2 aromatic heterocycles. The van der Waals surface area contributed by atoms with E-state index in [2.05, 4.69) is 4.98 Å². The second-order valence-electron chi connectivity index (χ2n) is 5.08. The van der Waals surface area contributed by atoms with Gasteiger partial charge < -0.3 is 9.84 Å². The second-order valence-corrected chi connectivity index (χ2v) is 5.96. The van der Waals surface area contributed by atoms with Crippen LogP contribution in [-0.2, 0) is 9.53 Å². The number of halogens is 2. The number of carbonyl (C=O) groups is 1. The molecule has 0 saturated heterocycles. The summed E-state index contributed by atoms with van der Waals surface area (Å²) in [5.41, 5.74) is 2.04. The van der Waals surface area contributed by atoms with E-state index in [-0.39, 0.29) is 6.61 Å². The maximum absolute atomic E-state index is 12.0. The summed E-state index contributed by atoms with van der Waals surface area (Å²) in [6.45, 7) is 1.85. The first-order valence-corrected chi connectivity index (χ1v) is 8.05. The highest BCUT2D eigenvalue weighted by Gasteiger charge is 2.27. The lowest BCUT2D eigenvalue weighted by molar-refractivity contribution is -0.153. The molecule has 1 unspecified atom stereocenters. The van der Waals surface area contributed by atoms with Crippen LogP contribution in [0.4, 0.5) is 0 Å². The average Bonchev–Trinajstić information content (AvgIpc) is 2.93. The summed E-state index contributed by atoms with van der Waals surface area (Å²) in [5, 5.41) is 11.5. The van der Waals surface area contributed by atoms with Gasteiger partial charge in [0.1, 0.15) is 5.65 Å². The van der Waals surface area contributed by atoms with Crippen molar-refractivity contribution in [1.29, 1.82) is 0 Å². The van der Waals surface area contributed by atoms with Gasteiger partial charge in [0.25, 0.3) is 0 Å². The van der Waals surface area contributed by atoms with Gasteiger partial charge in [-0.1, -0.05) is 35.3 Å². The van der Waals surface area contributed by atoms with Crippen LogP contribution in [0.15, 0.2) is 42.6 Å². The Morgan fingerprint density at radius 2 is 1.88 bits per heavy atom. The summed E-state index contributed by atoms with van der Waals surface area (Å²) < 4.78 is 6.52. The van der Waals surface area contributed by atoms with Gasteiger partial charge in [-0.05, 0) is 31.2 Å². The zero-order chi connectivity index (χ0) is 17.3. The molecular weight excluding hydrogens is 351 g/mol. The van der Waals surface area contributed by atoms with Gasteiger partial charge in [-0.25, -0.2) is 9.78 Å². The summed E-state index contributed by atoms with van der Waals surface area (Å²) in [6.07, 6.45) is 0.116. The predicted molar refractivity (Wildman–Crippen MR) is 92.2 cm³/mol. The van der Waals surface area contributed by atoms with Crippen LogP contribution in [0, 0.1) is 0 Å². The number of aromatic nitrogens is 2. The third-order valence-electron chi connectivity index (χ3n) is 3.51. The van der Waals surface area contributed by atoms with Crippen LogP contribution in [0.5, 0.6) is 0 Å². The van der Waals surface area contributed by atoms with Gasteiger partial charge in [0.2, 0.25) is 0 Å². The van der Waals surface area contributed by atoms with Crippen LogP contribution < -0.4 is 0 Å². The normalized spacial score (nSPS) is 12.3. The number of pyridine rings is 1. The molecule has 7 heteroatoms. The Labute approximate surface area is 148 Å². The van der Waals surface area contributed by atoms with Crippen molar-refractivity contribution in [3.8, 4) is 11.3 Å². The van der Waals surface area contributed by atoms with Crippen LogP contribution >= 0.6 is 23.2 Å². The largest absolute Gasteiger partial charge is 0.464 e. The predicted octanol–water partition coefficient (Wildman–Crippen LogP) is 3.90. The number of benzene rings is 1. The summed E-state index contributed by atoms with van der Waals surface area (Å²) in [5.74, 6) is -0.741. The quantitative estimate of drug-likeness (QED) is 0.713. The van der Waals surface area contributed by atoms with Gasteiger partial charge >= 0.3 is 5.97 Å². The van der Waals surface area contributed by atoms with Crippen LogP contribution in [0.3, 0.4) is 0 Å². The third kappa shape index (κ3) is 3.11. The minimum absolute atomic E-state index is 0.170. The van der Waals surface area contributed by atoms with Crippen molar-refractivity contribution in [1.82, 2.24) is 9.38 Å². The standard InChI is InChI=1S/C17H14Cl2N2O3/c1-2-24-17(23)16(22)15-14(10-3-5-11(18)6-4-10)20-13-8-7-12(19)9-21(13)15/h3-9,16,22H,2H2,1H3. The molecule has 0 spiro atoms. The van der Waals surface area contributed by atoms with E-state index in [9.17, 15) is 9.90 Å². The van der Waals surface area contributed by atoms with Gasteiger partial charge in [-0.2, -0.15) is 0 Å². The molecule has 0 amide bonds. The SMILES string of the molecule is CCOC(=O)C(O)c1c(-c2ccc(Cl)cc2)nc2ccc(Cl)cn12. The van der Waals surface area contributed by atoms with Crippen molar-refractivity contribution in [2.24, 2.45) is 0 Å². The number of imidazole rings is 1. The summed E-state index contributed by atoms with van der Waals surface area (Å²) in [6, 6.07) is 10.4. The number of rotatable bonds is 4. The zero-order valence-electron chi connectivity index (χ0n) is 12.7. The topological polar surface area (TPSA) is 63.8 Å². The molecule has 0 aliphatic heterocycles. The van der Waals surface area contributed by atoms with E-state index >= 15 is 0 Å². The molecule has 1 aromatic carbocycles. The molecule has 0 bridgehead atoms. The molecule has 1 N–H and O–H groups in total. The lowest BCUT2D eigenvalue weighted by Crippen LogP contribution is -2.17. The monoisotopic (exact) mass is 364 g/mol. The Hall–Kier alpha value is -2.08. The molecule has 0 aliphatic carbocycles. The Morgan fingerprint density at radius 3 is 2.54 bits per heavy atom. The van der Waals surface area contributed by atoms with Gasteiger partial charge in [0.05, 0.1) is 23.0 Å². The Bertz CT molecular complexity index is 891. The first-order chi connectivity index (χ1) is 11.5. The Balaban J connectivity index is 2.22. The summed E-state index contributed by atoms with van der Waals surface area (Å²) in [4.78, 5) is 16.6. The molecule has 5 nitrogen and oxygen atoms in total. The maximum Gasteiger partial charge on any atom is 0.341 e. The number of hydrogen-bond acceptors (Lipinski definition) is 4. The molecule has 0 radical (unpaired) electrons. The van der Waals surface area contributed by atoms with E-state index < -0.39 is 12.1 Å². The molecule has 0 fully saturated rings. The number of aliphatic hydroxyl groups excluding tert-OH is 1. The first kappa shape index (κ1) is 16.8. The van der Waals surface area contributed by atoms with Crippen LogP contribution in [0.2, 0.25) is 10.0 Å². The first-order valence-electron chi connectivity index (χ1n) is 7.29. The van der Waals surface area contributed by atoms with E-state index in [1.807, 2.05) is 0 Å². The molecule has 2 heterocycles.